The summed E-state index contributed by atoms with van der Waals surface area (Å²) in [5, 5.41) is 2.29. The molecule has 0 saturated carbocycles. The number of ether oxygens (including phenoxy) is 1. The molecule has 0 amide bonds. The lowest BCUT2D eigenvalue weighted by Crippen LogP contribution is -2.24. The lowest BCUT2D eigenvalue weighted by atomic mass is 9.81. The molecule has 0 unspecified atom stereocenters. The molecule has 73 heavy (non-hydrogen) atoms. The summed E-state index contributed by atoms with van der Waals surface area (Å²) in [6.07, 6.45) is 2.07. The fourth-order valence-electron chi connectivity index (χ4n) is 10.7. The monoisotopic (exact) mass is 946 g/mol. The van der Waals surface area contributed by atoms with Crippen molar-refractivity contribution in [1.29, 1.82) is 0 Å². The van der Waals surface area contributed by atoms with Crippen LogP contribution in [-0.2, 0) is 10.8 Å². The highest BCUT2D eigenvalue weighted by Crippen LogP contribution is 2.50. The van der Waals surface area contributed by atoms with E-state index in [0.717, 1.165) is 61.7 Å². The normalized spacial score (nSPS) is 12.7. The average Bonchev–Trinajstić information content (AvgIpc) is 3.97. The first-order valence-corrected chi connectivity index (χ1v) is 25.4. The van der Waals surface area contributed by atoms with E-state index in [-0.39, 0.29) is 10.8 Å². The molecule has 1 aliphatic heterocycles. The molecule has 0 fully saturated rings. The van der Waals surface area contributed by atoms with Crippen LogP contribution in [0.2, 0.25) is 0 Å². The van der Waals surface area contributed by atoms with Crippen molar-refractivity contribution < 1.29 is 4.74 Å². The van der Waals surface area contributed by atoms with E-state index in [1.165, 1.54) is 55.8 Å². The van der Waals surface area contributed by atoms with Crippen molar-refractivity contribution >= 4 is 44.6 Å². The van der Waals surface area contributed by atoms with Gasteiger partial charge < -0.3 is 14.5 Å². The predicted octanol–water partition coefficient (Wildman–Crippen LogP) is 18.5. The van der Waals surface area contributed by atoms with Crippen molar-refractivity contribution in [3.63, 3.8) is 0 Å². The number of fused-ring (bicyclic) bond motifs is 4. The van der Waals surface area contributed by atoms with Crippen molar-refractivity contribution in [2.75, 3.05) is 16.5 Å². The van der Waals surface area contributed by atoms with E-state index in [0.29, 0.717) is 6.67 Å². The molecular weight excluding hydrogens is 889 g/mol. The SMILES string of the molecule is CC(C)(C)c1ccc(-c2cnc(-n3c4ccc(-c5ccccc5)cc4c4ccc(Oc5cccc(N6CN(c7c(-c8ccccc8)cccc7-c7ccccc7)c7ccccc76)c5)cc43)cc2C(C)(C)C)cc1. The molecule has 5 nitrogen and oxygen atoms in total. The zero-order chi connectivity index (χ0) is 49.8. The van der Waals surface area contributed by atoms with E-state index in [4.69, 9.17) is 9.72 Å². The quantitative estimate of drug-likeness (QED) is 0.144. The third-order valence-electron chi connectivity index (χ3n) is 14.4. The Morgan fingerprint density at radius 2 is 0.986 bits per heavy atom. The molecule has 3 heterocycles. The van der Waals surface area contributed by atoms with E-state index in [1.54, 1.807) is 0 Å². The van der Waals surface area contributed by atoms with Crippen LogP contribution < -0.4 is 14.5 Å². The lowest BCUT2D eigenvalue weighted by Gasteiger charge is -2.27. The van der Waals surface area contributed by atoms with Gasteiger partial charge in [0.15, 0.2) is 0 Å². The van der Waals surface area contributed by atoms with Crippen molar-refractivity contribution in [3.8, 4) is 61.8 Å². The summed E-state index contributed by atoms with van der Waals surface area (Å²) in [6, 6.07) is 80.6. The van der Waals surface area contributed by atoms with Gasteiger partial charge in [-0.1, -0.05) is 199 Å². The van der Waals surface area contributed by atoms with E-state index in [9.17, 15) is 0 Å². The van der Waals surface area contributed by atoms with Gasteiger partial charge in [0.25, 0.3) is 0 Å². The maximum Gasteiger partial charge on any atom is 0.137 e. The fourth-order valence-corrected chi connectivity index (χ4v) is 10.7. The van der Waals surface area contributed by atoms with Crippen LogP contribution in [0.4, 0.5) is 22.7 Å². The summed E-state index contributed by atoms with van der Waals surface area (Å²) in [7, 11) is 0. The van der Waals surface area contributed by atoms with Crippen molar-refractivity contribution in [1.82, 2.24) is 9.55 Å². The van der Waals surface area contributed by atoms with Crippen molar-refractivity contribution in [2.24, 2.45) is 0 Å². The summed E-state index contributed by atoms with van der Waals surface area (Å²) >= 11 is 0. The van der Waals surface area contributed by atoms with E-state index >= 15 is 0 Å². The molecule has 0 radical (unpaired) electrons. The highest BCUT2D eigenvalue weighted by Gasteiger charge is 2.32. The maximum absolute atomic E-state index is 6.93. The molecule has 9 aromatic carbocycles. The van der Waals surface area contributed by atoms with Crippen LogP contribution >= 0.6 is 0 Å². The molecule has 12 rings (SSSR count). The van der Waals surface area contributed by atoms with Gasteiger partial charge in [0.05, 0.1) is 28.1 Å². The molecule has 1 aliphatic rings. The second kappa shape index (κ2) is 18.2. The molecule has 0 N–H and O–H groups in total. The Kier molecular flexibility index (Phi) is 11.3. The molecule has 0 saturated heterocycles. The molecule has 0 aliphatic carbocycles. The second-order valence-corrected chi connectivity index (χ2v) is 21.3. The topological polar surface area (TPSA) is 33.5 Å². The number of benzene rings is 9. The average molecular weight is 947 g/mol. The minimum atomic E-state index is -0.156. The molecular formula is C68H58N4O. The smallest absolute Gasteiger partial charge is 0.137 e. The summed E-state index contributed by atoms with van der Waals surface area (Å²) < 4.78 is 9.25. The first kappa shape index (κ1) is 45.5. The molecule has 356 valence electrons. The summed E-state index contributed by atoms with van der Waals surface area (Å²) in [5.74, 6) is 2.37. The summed E-state index contributed by atoms with van der Waals surface area (Å²) in [4.78, 5) is 10.2. The van der Waals surface area contributed by atoms with Gasteiger partial charge in [-0.25, -0.2) is 4.98 Å². The van der Waals surface area contributed by atoms with Gasteiger partial charge in [-0.15, -0.1) is 0 Å². The zero-order valence-electron chi connectivity index (χ0n) is 42.3. The van der Waals surface area contributed by atoms with Crippen LogP contribution in [0.3, 0.4) is 0 Å². The fraction of sp³-hybridized carbons (Fsp3) is 0.132. The van der Waals surface area contributed by atoms with Crippen LogP contribution in [0.25, 0.3) is 72.1 Å². The van der Waals surface area contributed by atoms with Crippen LogP contribution in [-0.4, -0.2) is 16.2 Å². The first-order chi connectivity index (χ1) is 35.5. The van der Waals surface area contributed by atoms with Gasteiger partial charge in [0.2, 0.25) is 0 Å². The molecule has 0 bridgehead atoms. The van der Waals surface area contributed by atoms with Gasteiger partial charge in [-0.05, 0) is 104 Å². The standard InChI is InChI=1S/C68H58N4O/c1-67(2,3)51-35-32-49(33-36-51)59-44-69-65(43-60(59)68(4,5)6)72-61-39-34-50(46-20-10-7-11-21-46)40-58(61)57-38-37-54(42-64(57)72)73-53-27-18-26-52(41-53)70-45-71(63-31-17-16-30-62(63)70)66-55(47-22-12-8-13-23-47)28-19-29-56(66)48-24-14-9-15-25-48/h7-44H,45H2,1-6H3. The van der Waals surface area contributed by atoms with Gasteiger partial charge in [0, 0.05) is 51.5 Å². The van der Waals surface area contributed by atoms with Crippen LogP contribution in [0.15, 0.2) is 231 Å². The van der Waals surface area contributed by atoms with E-state index in [1.807, 2.05) is 0 Å². The van der Waals surface area contributed by atoms with Crippen molar-refractivity contribution in [2.45, 2.75) is 52.4 Å². The van der Waals surface area contributed by atoms with E-state index in [2.05, 4.69) is 287 Å². The number of aromatic nitrogens is 2. The zero-order valence-corrected chi connectivity index (χ0v) is 42.3. The Hall–Kier alpha value is -8.67. The molecule has 11 aromatic rings. The molecule has 2 aromatic heterocycles. The van der Waals surface area contributed by atoms with Gasteiger partial charge in [-0.2, -0.15) is 0 Å². The Balaban J connectivity index is 0.940. The minimum absolute atomic E-state index is 0.0713. The number of rotatable bonds is 9. The maximum atomic E-state index is 6.93. The molecule has 0 atom stereocenters. The predicted molar refractivity (Wildman–Crippen MR) is 306 cm³/mol. The third-order valence-corrected chi connectivity index (χ3v) is 14.4. The number of anilines is 4. The largest absolute Gasteiger partial charge is 0.457 e. The Morgan fingerprint density at radius 3 is 1.63 bits per heavy atom. The Morgan fingerprint density at radius 1 is 0.411 bits per heavy atom. The minimum Gasteiger partial charge on any atom is -0.457 e. The van der Waals surface area contributed by atoms with Gasteiger partial charge in [-0.3, -0.25) is 4.57 Å². The van der Waals surface area contributed by atoms with E-state index < -0.39 is 0 Å². The van der Waals surface area contributed by atoms with Crippen LogP contribution in [0.1, 0.15) is 52.7 Å². The summed E-state index contributed by atoms with van der Waals surface area (Å²) in [6.45, 7) is 14.3. The van der Waals surface area contributed by atoms with Crippen LogP contribution in [0.5, 0.6) is 11.5 Å². The molecule has 5 heteroatoms. The van der Waals surface area contributed by atoms with Crippen LogP contribution in [0, 0.1) is 0 Å². The number of para-hydroxylation sites is 3. The number of hydrogen-bond acceptors (Lipinski definition) is 4. The van der Waals surface area contributed by atoms with Gasteiger partial charge in [0.1, 0.15) is 24.0 Å². The molecule has 0 spiro atoms. The Bertz CT molecular complexity index is 3750. The number of nitrogens with zero attached hydrogens (tertiary/aromatic N) is 4. The number of pyridine rings is 1. The van der Waals surface area contributed by atoms with Crippen molar-refractivity contribution in [3.05, 3.63) is 242 Å². The van der Waals surface area contributed by atoms with Gasteiger partial charge >= 0.3 is 0 Å². The second-order valence-electron chi connectivity index (χ2n) is 21.3. The number of hydrogen-bond donors (Lipinski definition) is 0. The summed E-state index contributed by atoms with van der Waals surface area (Å²) in [5.41, 5.74) is 18.5. The Labute approximate surface area is 429 Å². The first-order valence-electron chi connectivity index (χ1n) is 25.4. The third kappa shape index (κ3) is 8.51. The highest BCUT2D eigenvalue weighted by atomic mass is 16.5. The highest BCUT2D eigenvalue weighted by molar-refractivity contribution is 6.11. The lowest BCUT2D eigenvalue weighted by molar-refractivity contribution is 0.483.